The molecule has 1 aromatic carbocycles. The Kier molecular flexibility index (Phi) is 6.28. The lowest BCUT2D eigenvalue weighted by molar-refractivity contribution is -0.131. The molecule has 1 fully saturated rings. The molecule has 0 spiro atoms. The Morgan fingerprint density at radius 1 is 1.30 bits per heavy atom. The molecule has 10 heteroatoms. The number of thiocarbonyl (C=S) groups is 1. The molecule has 1 unspecified atom stereocenters. The summed E-state index contributed by atoms with van der Waals surface area (Å²) in [6.45, 7) is 3.55. The second-order valence-electron chi connectivity index (χ2n) is 6.78. The van der Waals surface area contributed by atoms with E-state index in [1.54, 1.807) is 32.1 Å². The molecule has 0 radical (unpaired) electrons. The van der Waals surface area contributed by atoms with Crippen LogP contribution in [0.1, 0.15) is 30.0 Å². The highest BCUT2D eigenvalue weighted by atomic mass is 32.2. The number of rotatable bonds is 6. The van der Waals surface area contributed by atoms with Gasteiger partial charge in [0.2, 0.25) is 5.91 Å². The van der Waals surface area contributed by atoms with Crippen LogP contribution in [0.4, 0.5) is 5.69 Å². The minimum absolute atomic E-state index is 0.178. The Labute approximate surface area is 181 Å². The Bertz CT molecular complexity index is 1050. The van der Waals surface area contributed by atoms with E-state index in [0.29, 0.717) is 10.7 Å². The van der Waals surface area contributed by atoms with Gasteiger partial charge in [0, 0.05) is 11.8 Å². The van der Waals surface area contributed by atoms with Crippen molar-refractivity contribution in [3.8, 4) is 5.75 Å². The molecular weight excluding hydrogens is 428 g/mol. The van der Waals surface area contributed by atoms with Crippen LogP contribution in [0, 0.1) is 5.92 Å². The number of carboxylic acid groups (broad SMARTS) is 1. The molecule has 3 N–H and O–H groups in total. The fraction of sp³-hybridized carbons (Fsp3) is 0.200. The molecule has 1 atom stereocenters. The van der Waals surface area contributed by atoms with Crippen molar-refractivity contribution in [3.63, 3.8) is 0 Å². The van der Waals surface area contributed by atoms with Crippen LogP contribution in [0.2, 0.25) is 0 Å². The summed E-state index contributed by atoms with van der Waals surface area (Å²) in [7, 11) is 0. The molecule has 1 aromatic heterocycles. The Morgan fingerprint density at radius 2 is 2.03 bits per heavy atom. The first-order chi connectivity index (χ1) is 14.2. The number of amides is 2. The van der Waals surface area contributed by atoms with Crippen molar-refractivity contribution >= 4 is 57.8 Å². The minimum Gasteiger partial charge on any atom is -0.507 e. The number of anilines is 1. The van der Waals surface area contributed by atoms with Crippen LogP contribution in [0.15, 0.2) is 45.9 Å². The molecule has 2 aromatic rings. The van der Waals surface area contributed by atoms with E-state index in [-0.39, 0.29) is 21.5 Å². The zero-order valence-corrected chi connectivity index (χ0v) is 17.6. The number of hydrogen-bond acceptors (Lipinski definition) is 7. The van der Waals surface area contributed by atoms with Gasteiger partial charge in [-0.3, -0.25) is 14.5 Å². The summed E-state index contributed by atoms with van der Waals surface area (Å²) in [5, 5.41) is 21.4. The van der Waals surface area contributed by atoms with Crippen molar-refractivity contribution < 1.29 is 29.0 Å². The van der Waals surface area contributed by atoms with E-state index in [1.807, 2.05) is 0 Å². The van der Waals surface area contributed by atoms with Gasteiger partial charge in [-0.15, -0.1) is 0 Å². The smallest absolute Gasteiger partial charge is 0.339 e. The number of thioether (sulfide) groups is 1. The van der Waals surface area contributed by atoms with Crippen LogP contribution in [-0.4, -0.2) is 43.3 Å². The van der Waals surface area contributed by atoms with Crippen LogP contribution < -0.4 is 5.32 Å². The zero-order valence-electron chi connectivity index (χ0n) is 16.0. The van der Waals surface area contributed by atoms with Gasteiger partial charge in [-0.2, -0.15) is 0 Å². The van der Waals surface area contributed by atoms with E-state index < -0.39 is 29.6 Å². The lowest BCUT2D eigenvalue weighted by Gasteiger charge is -2.29. The molecule has 1 saturated heterocycles. The highest BCUT2D eigenvalue weighted by molar-refractivity contribution is 8.26. The number of furan rings is 1. The SMILES string of the molecule is CC(C)C(C(=O)Nc1ccc(O)c(C(=O)O)c1)N1C(=O)C(=Cc2ccco2)SC1=S. The summed E-state index contributed by atoms with van der Waals surface area (Å²) in [6.07, 6.45) is 3.05. The van der Waals surface area contributed by atoms with Gasteiger partial charge in [0.1, 0.15) is 27.4 Å². The summed E-state index contributed by atoms with van der Waals surface area (Å²) in [4.78, 5) is 38.8. The second-order valence-corrected chi connectivity index (χ2v) is 8.46. The Morgan fingerprint density at radius 3 is 2.63 bits per heavy atom. The molecule has 2 heterocycles. The van der Waals surface area contributed by atoms with Gasteiger partial charge >= 0.3 is 5.97 Å². The number of benzene rings is 1. The number of nitrogens with one attached hydrogen (secondary N) is 1. The fourth-order valence-electron chi connectivity index (χ4n) is 2.94. The standard InChI is InChI=1S/C20H18N2O6S2/c1-10(2)16(17(24)21-11-5-6-14(23)13(8-11)19(26)27)22-18(25)15(30-20(22)29)9-12-4-3-7-28-12/h3-10,16,23H,1-2H3,(H,21,24)(H,26,27). The van der Waals surface area contributed by atoms with Crippen LogP contribution >= 0.6 is 24.0 Å². The minimum atomic E-state index is -1.33. The van der Waals surface area contributed by atoms with Gasteiger partial charge in [-0.05, 0) is 36.2 Å². The topological polar surface area (TPSA) is 120 Å². The largest absolute Gasteiger partial charge is 0.507 e. The van der Waals surface area contributed by atoms with Gasteiger partial charge in [-0.25, -0.2) is 4.79 Å². The second kappa shape index (κ2) is 8.72. The molecule has 1 aliphatic rings. The highest BCUT2D eigenvalue weighted by Crippen LogP contribution is 2.36. The molecule has 1 aliphatic heterocycles. The molecule has 156 valence electrons. The van der Waals surface area contributed by atoms with Crippen molar-refractivity contribution in [1.29, 1.82) is 0 Å². The van der Waals surface area contributed by atoms with Crippen molar-refractivity contribution in [2.45, 2.75) is 19.9 Å². The van der Waals surface area contributed by atoms with Crippen LogP contribution in [0.5, 0.6) is 5.75 Å². The van der Waals surface area contributed by atoms with Gasteiger partial charge < -0.3 is 19.9 Å². The van der Waals surface area contributed by atoms with Crippen LogP contribution in [0.3, 0.4) is 0 Å². The Balaban J connectivity index is 1.86. The summed E-state index contributed by atoms with van der Waals surface area (Å²) >= 11 is 6.42. The van der Waals surface area contributed by atoms with E-state index in [1.165, 1.54) is 23.3 Å². The molecule has 3 rings (SSSR count). The molecule has 0 bridgehead atoms. The predicted octanol–water partition coefficient (Wildman–Crippen LogP) is 3.55. The average Bonchev–Trinajstić information content (AvgIpc) is 3.27. The summed E-state index contributed by atoms with van der Waals surface area (Å²) in [6, 6.07) is 6.17. The van der Waals surface area contributed by atoms with E-state index in [0.717, 1.165) is 17.8 Å². The highest BCUT2D eigenvalue weighted by Gasteiger charge is 2.42. The summed E-state index contributed by atoms with van der Waals surface area (Å²) in [5.41, 5.74) is -0.168. The first-order valence-electron chi connectivity index (χ1n) is 8.86. The van der Waals surface area contributed by atoms with E-state index >= 15 is 0 Å². The van der Waals surface area contributed by atoms with Gasteiger partial charge in [-0.1, -0.05) is 37.8 Å². The first kappa shape index (κ1) is 21.6. The maximum Gasteiger partial charge on any atom is 0.339 e. The average molecular weight is 447 g/mol. The number of aromatic hydroxyl groups is 1. The number of hydrogen-bond donors (Lipinski definition) is 3. The molecule has 30 heavy (non-hydrogen) atoms. The predicted molar refractivity (Wildman–Crippen MR) is 116 cm³/mol. The zero-order chi connectivity index (χ0) is 22.0. The monoisotopic (exact) mass is 446 g/mol. The number of nitrogens with zero attached hydrogens (tertiary/aromatic N) is 1. The van der Waals surface area contributed by atoms with Crippen LogP contribution in [-0.2, 0) is 9.59 Å². The lowest BCUT2D eigenvalue weighted by atomic mass is 10.0. The third kappa shape index (κ3) is 4.39. The number of phenols is 1. The third-order valence-corrected chi connectivity index (χ3v) is 5.64. The van der Waals surface area contributed by atoms with E-state index in [2.05, 4.69) is 5.32 Å². The van der Waals surface area contributed by atoms with Crippen molar-refractivity contribution in [3.05, 3.63) is 52.8 Å². The van der Waals surface area contributed by atoms with Gasteiger partial charge in [0.15, 0.2) is 0 Å². The molecular formula is C20H18N2O6S2. The number of carbonyl (C=O) groups is 3. The molecule has 0 aliphatic carbocycles. The van der Waals surface area contributed by atoms with Crippen molar-refractivity contribution in [2.75, 3.05) is 5.32 Å². The maximum absolute atomic E-state index is 13.0. The summed E-state index contributed by atoms with van der Waals surface area (Å²) in [5.74, 6) is -2.47. The van der Waals surface area contributed by atoms with E-state index in [4.69, 9.17) is 21.7 Å². The van der Waals surface area contributed by atoms with E-state index in [9.17, 15) is 19.5 Å². The maximum atomic E-state index is 13.0. The van der Waals surface area contributed by atoms with Crippen LogP contribution in [0.25, 0.3) is 6.08 Å². The fourth-order valence-corrected chi connectivity index (χ4v) is 4.25. The molecule has 2 amide bonds. The number of carbonyl (C=O) groups excluding carboxylic acids is 2. The third-order valence-electron chi connectivity index (χ3n) is 4.31. The van der Waals surface area contributed by atoms with Crippen molar-refractivity contribution in [2.24, 2.45) is 5.92 Å². The number of aromatic carboxylic acids is 1. The molecule has 0 saturated carbocycles. The van der Waals surface area contributed by atoms with Gasteiger partial charge in [0.25, 0.3) is 5.91 Å². The molecule has 8 nitrogen and oxygen atoms in total. The first-order valence-corrected chi connectivity index (χ1v) is 10.1. The quantitative estimate of drug-likeness (QED) is 0.350. The van der Waals surface area contributed by atoms with Crippen molar-refractivity contribution in [1.82, 2.24) is 4.90 Å². The lowest BCUT2D eigenvalue weighted by Crippen LogP contribution is -2.49. The number of carboxylic acids is 1. The Hall–Kier alpha value is -3.11. The normalized spacial score (nSPS) is 16.4. The summed E-state index contributed by atoms with van der Waals surface area (Å²) < 4.78 is 5.48. The van der Waals surface area contributed by atoms with Gasteiger partial charge in [0.05, 0.1) is 11.2 Å².